The van der Waals surface area contributed by atoms with Crippen LogP contribution < -0.4 is 4.74 Å². The predicted molar refractivity (Wildman–Crippen MR) is 76.6 cm³/mol. The van der Waals surface area contributed by atoms with Crippen LogP contribution in [-0.4, -0.2) is 11.1 Å². The lowest BCUT2D eigenvalue weighted by Crippen LogP contribution is -2.06. The van der Waals surface area contributed by atoms with Crippen LogP contribution in [0.15, 0.2) is 40.9 Å². The lowest BCUT2D eigenvalue weighted by Gasteiger charge is -2.11. The lowest BCUT2D eigenvalue weighted by atomic mass is 10.1. The second kappa shape index (κ2) is 6.05. The Morgan fingerprint density at radius 2 is 2.10 bits per heavy atom. The molecule has 0 aliphatic heterocycles. The van der Waals surface area contributed by atoms with Gasteiger partial charge in [0.05, 0.1) is 5.56 Å². The second-order valence-corrected chi connectivity index (χ2v) is 5.20. The van der Waals surface area contributed by atoms with E-state index < -0.39 is 11.8 Å². The summed E-state index contributed by atoms with van der Waals surface area (Å²) in [6, 6.07) is 9.78. The molecule has 0 fully saturated rings. The summed E-state index contributed by atoms with van der Waals surface area (Å²) in [7, 11) is 0. The third-order valence-corrected chi connectivity index (χ3v) is 3.34. The molecule has 0 aliphatic rings. The molecule has 0 radical (unpaired) electrons. The largest absolute Gasteiger partial charge is 0.488 e. The van der Waals surface area contributed by atoms with Gasteiger partial charge in [-0.3, -0.25) is 0 Å². The number of ether oxygens (including phenoxy) is 1. The van der Waals surface area contributed by atoms with Gasteiger partial charge in [-0.15, -0.1) is 0 Å². The smallest absolute Gasteiger partial charge is 0.338 e. The third kappa shape index (κ3) is 3.17. The summed E-state index contributed by atoms with van der Waals surface area (Å²) in [5.41, 5.74) is 0.782. The van der Waals surface area contributed by atoms with E-state index in [1.807, 2.05) is 19.1 Å². The van der Waals surface area contributed by atoms with Crippen LogP contribution in [0, 0.1) is 12.7 Å². The molecule has 0 heterocycles. The maximum Gasteiger partial charge on any atom is 0.338 e. The highest BCUT2D eigenvalue weighted by molar-refractivity contribution is 9.10. The molecule has 0 aliphatic carbocycles. The number of aryl methyl sites for hydroxylation is 1. The van der Waals surface area contributed by atoms with Crippen molar-refractivity contribution in [2.24, 2.45) is 0 Å². The van der Waals surface area contributed by atoms with Crippen molar-refractivity contribution in [2.45, 2.75) is 13.5 Å². The average molecular weight is 339 g/mol. The van der Waals surface area contributed by atoms with E-state index in [1.54, 1.807) is 6.07 Å². The van der Waals surface area contributed by atoms with E-state index >= 15 is 0 Å². The lowest BCUT2D eigenvalue weighted by molar-refractivity contribution is 0.0691. The monoisotopic (exact) mass is 338 g/mol. The summed E-state index contributed by atoms with van der Waals surface area (Å²) in [5, 5.41) is 8.87. The Hall–Kier alpha value is -1.88. The molecule has 20 heavy (non-hydrogen) atoms. The number of rotatable bonds is 4. The van der Waals surface area contributed by atoms with Gasteiger partial charge in [-0.2, -0.15) is 0 Å². The fourth-order valence-corrected chi connectivity index (χ4v) is 2.08. The van der Waals surface area contributed by atoms with Crippen molar-refractivity contribution in [3.63, 3.8) is 0 Å². The number of benzene rings is 2. The van der Waals surface area contributed by atoms with Gasteiger partial charge in [0, 0.05) is 10.0 Å². The van der Waals surface area contributed by atoms with E-state index in [1.165, 1.54) is 18.2 Å². The van der Waals surface area contributed by atoms with Crippen molar-refractivity contribution >= 4 is 21.9 Å². The first-order valence-corrected chi connectivity index (χ1v) is 6.68. The summed E-state index contributed by atoms with van der Waals surface area (Å²) in [5.74, 6) is -1.42. The second-order valence-electron chi connectivity index (χ2n) is 4.28. The molecule has 2 aromatic carbocycles. The Labute approximate surface area is 124 Å². The summed E-state index contributed by atoms with van der Waals surface area (Å²) < 4.78 is 20.4. The minimum Gasteiger partial charge on any atom is -0.488 e. The number of carboxylic acids is 1. The highest BCUT2D eigenvalue weighted by Crippen LogP contribution is 2.24. The number of carbonyl (C=O) groups is 1. The van der Waals surface area contributed by atoms with Gasteiger partial charge >= 0.3 is 5.97 Å². The van der Waals surface area contributed by atoms with Crippen LogP contribution in [0.2, 0.25) is 0 Å². The van der Waals surface area contributed by atoms with Crippen molar-refractivity contribution in [3.8, 4) is 5.75 Å². The molecule has 0 saturated carbocycles. The van der Waals surface area contributed by atoms with Gasteiger partial charge in [0.1, 0.15) is 18.2 Å². The molecule has 0 saturated heterocycles. The zero-order valence-corrected chi connectivity index (χ0v) is 12.3. The molecule has 0 atom stereocenters. The molecule has 1 N–H and O–H groups in total. The Bertz CT molecular complexity index is 656. The number of hydrogen-bond donors (Lipinski definition) is 1. The van der Waals surface area contributed by atoms with Crippen molar-refractivity contribution in [1.29, 1.82) is 0 Å². The van der Waals surface area contributed by atoms with Crippen LogP contribution >= 0.6 is 15.9 Å². The topological polar surface area (TPSA) is 46.5 Å². The molecule has 0 bridgehead atoms. The van der Waals surface area contributed by atoms with Gasteiger partial charge in [0.15, 0.2) is 0 Å². The number of aromatic carboxylic acids is 1. The predicted octanol–water partition coefficient (Wildman–Crippen LogP) is 4.17. The first kappa shape index (κ1) is 14.5. The van der Waals surface area contributed by atoms with Crippen LogP contribution in [-0.2, 0) is 6.61 Å². The van der Waals surface area contributed by atoms with Gasteiger partial charge in [-0.1, -0.05) is 34.1 Å². The highest BCUT2D eigenvalue weighted by atomic mass is 79.9. The fourth-order valence-electron chi connectivity index (χ4n) is 1.74. The summed E-state index contributed by atoms with van der Waals surface area (Å²) in [4.78, 5) is 10.9. The number of hydrogen-bond acceptors (Lipinski definition) is 2. The quantitative estimate of drug-likeness (QED) is 0.909. The van der Waals surface area contributed by atoms with Crippen LogP contribution in [0.4, 0.5) is 4.39 Å². The normalized spacial score (nSPS) is 10.3. The van der Waals surface area contributed by atoms with E-state index in [0.29, 0.717) is 5.75 Å². The molecular weight excluding hydrogens is 327 g/mol. The molecule has 0 spiro atoms. The standard InChI is InChI=1S/C15H12BrFO3/c1-9-5-6-11(16)7-13(9)20-8-10-3-2-4-12(14(10)17)15(18)19/h2-7H,8H2,1H3,(H,18,19). The Morgan fingerprint density at radius 1 is 1.35 bits per heavy atom. The van der Waals surface area contributed by atoms with Gasteiger partial charge < -0.3 is 9.84 Å². The highest BCUT2D eigenvalue weighted by Gasteiger charge is 2.14. The summed E-state index contributed by atoms with van der Waals surface area (Å²) in [6.45, 7) is 1.86. The van der Waals surface area contributed by atoms with Crippen LogP contribution in [0.25, 0.3) is 0 Å². The molecule has 3 nitrogen and oxygen atoms in total. The van der Waals surface area contributed by atoms with E-state index in [-0.39, 0.29) is 17.7 Å². The van der Waals surface area contributed by atoms with Crippen LogP contribution in [0.3, 0.4) is 0 Å². The molecule has 5 heteroatoms. The van der Waals surface area contributed by atoms with Gasteiger partial charge in [-0.05, 0) is 30.7 Å². The zero-order valence-electron chi connectivity index (χ0n) is 10.7. The third-order valence-electron chi connectivity index (χ3n) is 2.84. The minimum atomic E-state index is -1.29. The molecule has 2 rings (SSSR count). The maximum absolute atomic E-state index is 13.9. The van der Waals surface area contributed by atoms with Crippen molar-refractivity contribution in [1.82, 2.24) is 0 Å². The Kier molecular flexibility index (Phi) is 4.39. The van der Waals surface area contributed by atoms with Crippen molar-refractivity contribution < 1.29 is 19.0 Å². The molecule has 2 aromatic rings. The van der Waals surface area contributed by atoms with Gasteiger partial charge in [-0.25, -0.2) is 9.18 Å². The van der Waals surface area contributed by atoms with E-state index in [9.17, 15) is 9.18 Å². The Morgan fingerprint density at radius 3 is 2.80 bits per heavy atom. The van der Waals surface area contributed by atoms with Gasteiger partial charge in [0.25, 0.3) is 0 Å². The zero-order chi connectivity index (χ0) is 14.7. The van der Waals surface area contributed by atoms with Crippen molar-refractivity contribution in [3.05, 3.63) is 63.4 Å². The molecule has 0 unspecified atom stereocenters. The van der Waals surface area contributed by atoms with Gasteiger partial charge in [0.2, 0.25) is 0 Å². The molecule has 0 amide bonds. The average Bonchev–Trinajstić information content (AvgIpc) is 2.41. The number of carboxylic acid groups (broad SMARTS) is 1. The molecular formula is C15H12BrFO3. The van der Waals surface area contributed by atoms with Crippen molar-refractivity contribution in [2.75, 3.05) is 0 Å². The molecule has 0 aromatic heterocycles. The Balaban J connectivity index is 2.21. The molecule has 104 valence electrons. The summed E-state index contributed by atoms with van der Waals surface area (Å²) >= 11 is 3.34. The minimum absolute atomic E-state index is 0.0236. The first-order valence-electron chi connectivity index (χ1n) is 5.88. The number of halogens is 2. The van der Waals surface area contributed by atoms with E-state index in [0.717, 1.165) is 10.0 Å². The maximum atomic E-state index is 13.9. The first-order chi connectivity index (χ1) is 9.49. The SMILES string of the molecule is Cc1ccc(Br)cc1OCc1cccc(C(=O)O)c1F. The van der Waals surface area contributed by atoms with Crippen LogP contribution in [0.1, 0.15) is 21.5 Å². The van der Waals surface area contributed by atoms with E-state index in [4.69, 9.17) is 9.84 Å². The fraction of sp³-hybridized carbons (Fsp3) is 0.133. The summed E-state index contributed by atoms with van der Waals surface area (Å²) in [6.07, 6.45) is 0. The van der Waals surface area contributed by atoms with Crippen LogP contribution in [0.5, 0.6) is 5.75 Å². The van der Waals surface area contributed by atoms with E-state index in [2.05, 4.69) is 15.9 Å².